The highest BCUT2D eigenvalue weighted by atomic mass is 19.3. The largest absolute Gasteiger partial charge is 0.481 e. The number of amides is 1. The number of alkyl halides is 2. The maximum atomic E-state index is 12.0. The molecule has 1 fully saturated rings. The second-order valence-corrected chi connectivity index (χ2v) is 4.47. The van der Waals surface area contributed by atoms with Gasteiger partial charge in [0.15, 0.2) is 0 Å². The zero-order valence-corrected chi connectivity index (χ0v) is 8.98. The quantitative estimate of drug-likeness (QED) is 0.723. The number of fused-ring (bicyclic) bond motifs is 2. The van der Waals surface area contributed by atoms with Crippen LogP contribution < -0.4 is 5.32 Å². The van der Waals surface area contributed by atoms with Crippen molar-refractivity contribution in [3.63, 3.8) is 0 Å². The van der Waals surface area contributed by atoms with E-state index in [0.29, 0.717) is 6.42 Å². The normalized spacial score (nSPS) is 34.3. The lowest BCUT2D eigenvalue weighted by molar-refractivity contribution is -0.147. The molecule has 2 rings (SSSR count). The Bertz CT molecular complexity index is 370. The molecule has 4 nitrogen and oxygen atoms in total. The molecule has 0 radical (unpaired) electrons. The predicted molar refractivity (Wildman–Crippen MR) is 54.4 cm³/mol. The van der Waals surface area contributed by atoms with E-state index in [1.165, 1.54) is 0 Å². The second-order valence-electron chi connectivity index (χ2n) is 4.47. The molecule has 0 aromatic heterocycles. The van der Waals surface area contributed by atoms with Gasteiger partial charge in [-0.25, -0.2) is 8.78 Å². The minimum absolute atomic E-state index is 0.126. The fourth-order valence-corrected chi connectivity index (χ4v) is 2.81. The first-order chi connectivity index (χ1) is 8.00. The average molecular weight is 245 g/mol. The molecule has 0 aromatic carbocycles. The first-order valence-corrected chi connectivity index (χ1v) is 5.47. The molecule has 0 saturated heterocycles. The zero-order chi connectivity index (χ0) is 12.6. The van der Waals surface area contributed by atoms with Gasteiger partial charge in [0.25, 0.3) is 6.43 Å². The molecule has 2 aliphatic rings. The Morgan fingerprint density at radius 1 is 1.29 bits per heavy atom. The number of hydrogen-bond donors (Lipinski definition) is 2. The van der Waals surface area contributed by atoms with Crippen molar-refractivity contribution in [1.29, 1.82) is 0 Å². The van der Waals surface area contributed by atoms with E-state index in [1.54, 1.807) is 6.08 Å². The Labute approximate surface area is 96.7 Å². The molecule has 2 N–H and O–H groups in total. The molecular formula is C11H13F2NO3. The van der Waals surface area contributed by atoms with Gasteiger partial charge in [0, 0.05) is 0 Å². The van der Waals surface area contributed by atoms with Crippen LogP contribution in [-0.4, -0.2) is 30.0 Å². The van der Waals surface area contributed by atoms with Gasteiger partial charge in [0.1, 0.15) is 0 Å². The first-order valence-electron chi connectivity index (χ1n) is 5.47. The van der Waals surface area contributed by atoms with Crippen molar-refractivity contribution in [2.24, 2.45) is 23.7 Å². The summed E-state index contributed by atoms with van der Waals surface area (Å²) in [5, 5.41) is 11.2. The van der Waals surface area contributed by atoms with Crippen LogP contribution in [0.3, 0.4) is 0 Å². The molecule has 17 heavy (non-hydrogen) atoms. The lowest BCUT2D eigenvalue weighted by Crippen LogP contribution is -2.41. The average Bonchev–Trinajstić information content (AvgIpc) is 2.84. The number of rotatable bonds is 4. The fraction of sp³-hybridized carbons (Fsp3) is 0.636. The highest BCUT2D eigenvalue weighted by molar-refractivity contribution is 5.86. The molecule has 2 unspecified atom stereocenters. The highest BCUT2D eigenvalue weighted by Crippen LogP contribution is 2.48. The number of allylic oxidation sites excluding steroid dienone is 2. The van der Waals surface area contributed by atoms with Gasteiger partial charge in [-0.1, -0.05) is 12.2 Å². The Morgan fingerprint density at radius 2 is 1.88 bits per heavy atom. The van der Waals surface area contributed by atoms with Crippen molar-refractivity contribution in [2.75, 3.05) is 6.54 Å². The molecule has 2 aliphatic carbocycles. The summed E-state index contributed by atoms with van der Waals surface area (Å²) in [6.07, 6.45) is 1.64. The molecule has 1 amide bonds. The van der Waals surface area contributed by atoms with Crippen LogP contribution in [0.4, 0.5) is 8.78 Å². The number of carboxylic acids is 1. The van der Waals surface area contributed by atoms with Crippen LogP contribution in [-0.2, 0) is 9.59 Å². The molecule has 94 valence electrons. The Morgan fingerprint density at radius 3 is 2.41 bits per heavy atom. The molecular weight excluding hydrogens is 232 g/mol. The summed E-state index contributed by atoms with van der Waals surface area (Å²) >= 11 is 0. The van der Waals surface area contributed by atoms with Crippen LogP contribution in [0.2, 0.25) is 0 Å². The lowest BCUT2D eigenvalue weighted by Gasteiger charge is -2.23. The first kappa shape index (κ1) is 12.0. The lowest BCUT2D eigenvalue weighted by atomic mass is 9.82. The van der Waals surface area contributed by atoms with E-state index < -0.39 is 36.7 Å². The summed E-state index contributed by atoms with van der Waals surface area (Å²) in [5.41, 5.74) is 0. The minimum atomic E-state index is -2.61. The van der Waals surface area contributed by atoms with Crippen LogP contribution in [0.5, 0.6) is 0 Å². The van der Waals surface area contributed by atoms with E-state index >= 15 is 0 Å². The van der Waals surface area contributed by atoms with Gasteiger partial charge in [-0.3, -0.25) is 9.59 Å². The highest BCUT2D eigenvalue weighted by Gasteiger charge is 2.51. The van der Waals surface area contributed by atoms with Crippen molar-refractivity contribution < 1.29 is 23.5 Å². The summed E-state index contributed by atoms with van der Waals surface area (Å²) in [6, 6.07) is 0. The summed E-state index contributed by atoms with van der Waals surface area (Å²) in [5.74, 6) is -3.35. The molecule has 0 aliphatic heterocycles. The van der Waals surface area contributed by atoms with Gasteiger partial charge in [-0.05, 0) is 18.3 Å². The van der Waals surface area contributed by atoms with Crippen LogP contribution in [0.25, 0.3) is 0 Å². The number of aliphatic carboxylic acids is 1. The van der Waals surface area contributed by atoms with E-state index in [1.807, 2.05) is 6.08 Å². The van der Waals surface area contributed by atoms with Gasteiger partial charge >= 0.3 is 5.97 Å². The Hall–Kier alpha value is -1.46. The van der Waals surface area contributed by atoms with Crippen molar-refractivity contribution in [1.82, 2.24) is 5.32 Å². The number of carbonyl (C=O) groups excluding carboxylic acids is 1. The predicted octanol–water partition coefficient (Wildman–Crippen LogP) is 0.891. The fourth-order valence-electron chi connectivity index (χ4n) is 2.81. The van der Waals surface area contributed by atoms with E-state index in [-0.39, 0.29) is 11.8 Å². The topological polar surface area (TPSA) is 66.4 Å². The molecule has 1 saturated carbocycles. The summed E-state index contributed by atoms with van der Waals surface area (Å²) in [7, 11) is 0. The van der Waals surface area contributed by atoms with Gasteiger partial charge in [0.05, 0.1) is 18.4 Å². The van der Waals surface area contributed by atoms with Crippen molar-refractivity contribution in [2.45, 2.75) is 12.8 Å². The molecule has 4 atom stereocenters. The molecule has 0 heterocycles. The van der Waals surface area contributed by atoms with Crippen LogP contribution in [0.15, 0.2) is 12.2 Å². The Balaban J connectivity index is 2.06. The van der Waals surface area contributed by atoms with Gasteiger partial charge in [-0.2, -0.15) is 0 Å². The third-order valence-corrected chi connectivity index (χ3v) is 3.48. The summed E-state index contributed by atoms with van der Waals surface area (Å²) in [6.45, 7) is -0.719. The van der Waals surface area contributed by atoms with Crippen LogP contribution in [0, 0.1) is 23.7 Å². The summed E-state index contributed by atoms with van der Waals surface area (Å²) < 4.78 is 24.0. The van der Waals surface area contributed by atoms with Crippen molar-refractivity contribution >= 4 is 11.9 Å². The van der Waals surface area contributed by atoms with E-state index in [4.69, 9.17) is 5.11 Å². The van der Waals surface area contributed by atoms with Crippen molar-refractivity contribution in [3.8, 4) is 0 Å². The third kappa shape index (κ3) is 2.16. The standard InChI is InChI=1S/C11H13F2NO3/c12-7(13)4-14-10(15)8-5-1-2-6(3-5)9(8)11(16)17/h1-2,5-9H,3-4H2,(H,14,15)(H,16,17)/t5?,6?,8-,9+/m0/s1. The van der Waals surface area contributed by atoms with Crippen LogP contribution >= 0.6 is 0 Å². The van der Waals surface area contributed by atoms with Gasteiger partial charge < -0.3 is 10.4 Å². The maximum Gasteiger partial charge on any atom is 0.307 e. The maximum absolute atomic E-state index is 12.0. The smallest absolute Gasteiger partial charge is 0.307 e. The van der Waals surface area contributed by atoms with Crippen LogP contribution in [0.1, 0.15) is 6.42 Å². The monoisotopic (exact) mass is 245 g/mol. The number of carbonyl (C=O) groups is 2. The second kappa shape index (κ2) is 4.43. The number of carboxylic acid groups (broad SMARTS) is 1. The molecule has 2 bridgehead atoms. The van der Waals surface area contributed by atoms with E-state index in [9.17, 15) is 18.4 Å². The number of nitrogens with one attached hydrogen (secondary N) is 1. The van der Waals surface area contributed by atoms with Crippen molar-refractivity contribution in [3.05, 3.63) is 12.2 Å². The third-order valence-electron chi connectivity index (χ3n) is 3.48. The zero-order valence-electron chi connectivity index (χ0n) is 8.98. The van der Waals surface area contributed by atoms with Gasteiger partial charge in [-0.15, -0.1) is 0 Å². The number of halogens is 2. The Kier molecular flexibility index (Phi) is 3.13. The van der Waals surface area contributed by atoms with E-state index in [2.05, 4.69) is 5.32 Å². The molecule has 0 spiro atoms. The summed E-state index contributed by atoms with van der Waals surface area (Å²) in [4.78, 5) is 22.8. The number of hydrogen-bond acceptors (Lipinski definition) is 2. The molecule has 6 heteroatoms. The SMILES string of the molecule is O=C(O)[C@@H]1C2C=CC(C2)[C@@H]1C(=O)NCC(F)F. The van der Waals surface area contributed by atoms with E-state index in [0.717, 1.165) is 0 Å². The molecule has 0 aromatic rings. The van der Waals surface area contributed by atoms with Gasteiger partial charge in [0.2, 0.25) is 5.91 Å². The minimum Gasteiger partial charge on any atom is -0.481 e.